The van der Waals surface area contributed by atoms with Gasteiger partial charge < -0.3 is 15.1 Å². The third-order valence-electron chi connectivity index (χ3n) is 4.32. The fourth-order valence-electron chi connectivity index (χ4n) is 2.70. The molecule has 2 rings (SSSR count). The molecule has 0 saturated carbocycles. The lowest BCUT2D eigenvalue weighted by molar-refractivity contribution is -0.152. The van der Waals surface area contributed by atoms with Crippen LogP contribution in [0.1, 0.15) is 36.5 Å². The maximum atomic E-state index is 13.7. The Balaban J connectivity index is 2.12. The lowest BCUT2D eigenvalue weighted by Gasteiger charge is -2.38. The van der Waals surface area contributed by atoms with Gasteiger partial charge >= 0.3 is 5.97 Å². The van der Waals surface area contributed by atoms with Crippen LogP contribution in [0.25, 0.3) is 0 Å². The maximum absolute atomic E-state index is 13.7. The number of carbonyl (C=O) groups is 2. The zero-order chi connectivity index (χ0) is 15.6. The van der Waals surface area contributed by atoms with Crippen LogP contribution in [-0.4, -0.2) is 40.1 Å². The van der Waals surface area contributed by atoms with Crippen LogP contribution in [0.5, 0.6) is 5.75 Å². The molecule has 5 nitrogen and oxygen atoms in total. The molecule has 0 atom stereocenters. The van der Waals surface area contributed by atoms with Crippen molar-refractivity contribution in [3.8, 4) is 5.75 Å². The van der Waals surface area contributed by atoms with Crippen molar-refractivity contribution in [1.29, 1.82) is 0 Å². The number of phenolic OH excluding ortho intramolecular Hbond substituents is 1. The van der Waals surface area contributed by atoms with Crippen LogP contribution in [0.4, 0.5) is 4.39 Å². The van der Waals surface area contributed by atoms with E-state index in [1.165, 1.54) is 17.0 Å². The Bertz CT molecular complexity index is 565. The van der Waals surface area contributed by atoms with Crippen LogP contribution < -0.4 is 0 Å². The Morgan fingerprint density at radius 2 is 1.95 bits per heavy atom. The van der Waals surface area contributed by atoms with Gasteiger partial charge in [-0.25, -0.2) is 4.39 Å². The van der Waals surface area contributed by atoms with Gasteiger partial charge in [0.15, 0.2) is 0 Å². The van der Waals surface area contributed by atoms with Crippen molar-refractivity contribution in [1.82, 2.24) is 4.90 Å². The standard InChI is InChI=1S/C15H18FNO4/c1-2-15(14(20)21)5-7-17(8-6-15)13(19)11-4-3-10(18)9-12(11)16/h3-4,9,18H,2,5-8H2,1H3,(H,20,21). The third kappa shape index (κ3) is 2.84. The van der Waals surface area contributed by atoms with Gasteiger partial charge in [-0.05, 0) is 31.4 Å². The van der Waals surface area contributed by atoms with Gasteiger partial charge in [-0.3, -0.25) is 9.59 Å². The Morgan fingerprint density at radius 1 is 1.33 bits per heavy atom. The first-order valence-electron chi connectivity index (χ1n) is 6.91. The summed E-state index contributed by atoms with van der Waals surface area (Å²) >= 11 is 0. The number of halogens is 1. The van der Waals surface area contributed by atoms with Crippen LogP contribution in [0.2, 0.25) is 0 Å². The van der Waals surface area contributed by atoms with E-state index >= 15 is 0 Å². The van der Waals surface area contributed by atoms with Gasteiger partial charge in [0, 0.05) is 19.2 Å². The van der Waals surface area contributed by atoms with E-state index in [9.17, 15) is 19.1 Å². The van der Waals surface area contributed by atoms with E-state index in [0.29, 0.717) is 32.4 Å². The number of phenols is 1. The number of benzene rings is 1. The number of aromatic hydroxyl groups is 1. The molecule has 1 aromatic rings. The van der Waals surface area contributed by atoms with Crippen molar-refractivity contribution in [2.75, 3.05) is 13.1 Å². The topological polar surface area (TPSA) is 77.8 Å². The summed E-state index contributed by atoms with van der Waals surface area (Å²) in [6.07, 6.45) is 1.24. The smallest absolute Gasteiger partial charge is 0.309 e. The molecule has 0 aliphatic carbocycles. The molecule has 0 aromatic heterocycles. The molecule has 114 valence electrons. The second-order valence-corrected chi connectivity index (χ2v) is 5.40. The summed E-state index contributed by atoms with van der Waals surface area (Å²) in [5.41, 5.74) is -0.892. The number of likely N-dealkylation sites (tertiary alicyclic amines) is 1. The number of nitrogens with zero attached hydrogens (tertiary/aromatic N) is 1. The molecule has 0 unspecified atom stereocenters. The first-order chi connectivity index (χ1) is 9.89. The first-order valence-corrected chi connectivity index (χ1v) is 6.91. The molecule has 0 bridgehead atoms. The minimum Gasteiger partial charge on any atom is -0.508 e. The fraction of sp³-hybridized carbons (Fsp3) is 0.467. The van der Waals surface area contributed by atoms with Crippen molar-refractivity contribution < 1.29 is 24.2 Å². The maximum Gasteiger partial charge on any atom is 0.309 e. The molecule has 0 spiro atoms. The average Bonchev–Trinajstić information content (AvgIpc) is 2.46. The molecule has 1 saturated heterocycles. The number of hydrogen-bond donors (Lipinski definition) is 2. The highest BCUT2D eigenvalue weighted by Gasteiger charge is 2.41. The zero-order valence-corrected chi connectivity index (χ0v) is 11.8. The molecule has 21 heavy (non-hydrogen) atoms. The highest BCUT2D eigenvalue weighted by atomic mass is 19.1. The quantitative estimate of drug-likeness (QED) is 0.896. The molecule has 1 aromatic carbocycles. The van der Waals surface area contributed by atoms with Crippen LogP contribution in [0, 0.1) is 11.2 Å². The van der Waals surface area contributed by atoms with Crippen molar-refractivity contribution in [3.05, 3.63) is 29.6 Å². The number of carbonyl (C=O) groups excluding carboxylic acids is 1. The summed E-state index contributed by atoms with van der Waals surface area (Å²) in [5, 5.41) is 18.5. The largest absolute Gasteiger partial charge is 0.508 e. The third-order valence-corrected chi connectivity index (χ3v) is 4.32. The predicted molar refractivity (Wildman–Crippen MR) is 73.6 cm³/mol. The van der Waals surface area contributed by atoms with Gasteiger partial charge in [0.25, 0.3) is 5.91 Å². The average molecular weight is 295 g/mol. The number of rotatable bonds is 3. The van der Waals surface area contributed by atoms with E-state index in [4.69, 9.17) is 5.11 Å². The van der Waals surface area contributed by atoms with Crippen molar-refractivity contribution in [2.24, 2.45) is 5.41 Å². The van der Waals surface area contributed by atoms with Gasteiger partial charge in [-0.2, -0.15) is 0 Å². The summed E-state index contributed by atoms with van der Waals surface area (Å²) in [6.45, 7) is 2.41. The fourth-order valence-corrected chi connectivity index (χ4v) is 2.70. The highest BCUT2D eigenvalue weighted by Crippen LogP contribution is 2.35. The van der Waals surface area contributed by atoms with Crippen LogP contribution in [0.3, 0.4) is 0 Å². The number of amides is 1. The van der Waals surface area contributed by atoms with Crippen molar-refractivity contribution >= 4 is 11.9 Å². The molecule has 1 aliphatic heterocycles. The number of aliphatic carboxylic acids is 1. The van der Waals surface area contributed by atoms with Gasteiger partial charge in [-0.1, -0.05) is 6.92 Å². The van der Waals surface area contributed by atoms with Gasteiger partial charge in [0.1, 0.15) is 11.6 Å². The lowest BCUT2D eigenvalue weighted by Crippen LogP contribution is -2.46. The molecule has 0 radical (unpaired) electrons. The van der Waals surface area contributed by atoms with E-state index in [-0.39, 0.29) is 11.3 Å². The predicted octanol–water partition coefficient (Wildman–Crippen LogP) is 2.25. The summed E-state index contributed by atoms with van der Waals surface area (Å²) in [4.78, 5) is 25.1. The van der Waals surface area contributed by atoms with E-state index in [1.54, 1.807) is 0 Å². The van der Waals surface area contributed by atoms with E-state index < -0.39 is 23.1 Å². The first kappa shape index (κ1) is 15.3. The molecule has 1 amide bonds. The van der Waals surface area contributed by atoms with E-state index in [1.807, 2.05) is 6.92 Å². The Labute approximate surface area is 122 Å². The SMILES string of the molecule is CCC1(C(=O)O)CCN(C(=O)c2ccc(O)cc2F)CC1. The molecule has 2 N–H and O–H groups in total. The van der Waals surface area contributed by atoms with Crippen molar-refractivity contribution in [3.63, 3.8) is 0 Å². The van der Waals surface area contributed by atoms with Crippen LogP contribution >= 0.6 is 0 Å². The number of piperidine rings is 1. The molecule has 1 aliphatic rings. The van der Waals surface area contributed by atoms with Gasteiger partial charge in [0.05, 0.1) is 11.0 Å². The summed E-state index contributed by atoms with van der Waals surface area (Å²) in [7, 11) is 0. The number of carboxylic acid groups (broad SMARTS) is 1. The minimum atomic E-state index is -0.840. The summed E-state index contributed by atoms with van der Waals surface area (Å²) < 4.78 is 13.7. The molecular formula is C15H18FNO4. The normalized spacial score (nSPS) is 17.5. The van der Waals surface area contributed by atoms with Crippen LogP contribution in [-0.2, 0) is 4.79 Å². The molecular weight excluding hydrogens is 277 g/mol. The van der Waals surface area contributed by atoms with E-state index in [2.05, 4.69) is 0 Å². The van der Waals surface area contributed by atoms with Gasteiger partial charge in [-0.15, -0.1) is 0 Å². The Morgan fingerprint density at radius 3 is 2.43 bits per heavy atom. The highest BCUT2D eigenvalue weighted by molar-refractivity contribution is 5.94. The Kier molecular flexibility index (Phi) is 4.16. The minimum absolute atomic E-state index is 0.105. The molecule has 1 fully saturated rings. The zero-order valence-electron chi connectivity index (χ0n) is 11.8. The van der Waals surface area contributed by atoms with Crippen LogP contribution in [0.15, 0.2) is 18.2 Å². The van der Waals surface area contributed by atoms with Crippen molar-refractivity contribution in [2.45, 2.75) is 26.2 Å². The van der Waals surface area contributed by atoms with E-state index in [0.717, 1.165) is 6.07 Å². The summed E-state index contributed by atoms with van der Waals surface area (Å²) in [5.74, 6) is -2.32. The second kappa shape index (κ2) is 5.71. The number of carboxylic acids is 1. The molecule has 6 heteroatoms. The monoisotopic (exact) mass is 295 g/mol. The lowest BCUT2D eigenvalue weighted by atomic mass is 9.76. The molecule has 1 heterocycles. The summed E-state index contributed by atoms with van der Waals surface area (Å²) in [6, 6.07) is 3.39. The number of hydrogen-bond acceptors (Lipinski definition) is 3. The second-order valence-electron chi connectivity index (χ2n) is 5.40. The Hall–Kier alpha value is -2.11. The van der Waals surface area contributed by atoms with Gasteiger partial charge in [0.2, 0.25) is 0 Å².